The molecule has 0 unspecified atom stereocenters. The molecule has 0 atom stereocenters. The van der Waals surface area contributed by atoms with E-state index in [0.29, 0.717) is 12.4 Å². The minimum Gasteiger partial charge on any atom is -0.436 e. The third kappa shape index (κ3) is 4.47. The Morgan fingerprint density at radius 3 is 2.44 bits per heavy atom. The number of urea groups is 1. The first-order chi connectivity index (χ1) is 12.1. The van der Waals surface area contributed by atoms with Crippen LogP contribution in [0.4, 0.5) is 4.79 Å². The summed E-state index contributed by atoms with van der Waals surface area (Å²) < 4.78 is 5.85. The van der Waals surface area contributed by atoms with Crippen molar-refractivity contribution >= 4 is 6.03 Å². The van der Waals surface area contributed by atoms with Crippen LogP contribution in [-0.4, -0.2) is 17.1 Å². The highest BCUT2D eigenvalue weighted by molar-refractivity contribution is 5.74. The van der Waals surface area contributed by atoms with Crippen molar-refractivity contribution in [2.75, 3.05) is 0 Å². The van der Waals surface area contributed by atoms with Gasteiger partial charge in [-0.15, -0.1) is 0 Å². The summed E-state index contributed by atoms with van der Waals surface area (Å²) in [7, 11) is 0. The van der Waals surface area contributed by atoms with Crippen molar-refractivity contribution in [3.8, 4) is 22.8 Å². The molecular weight excluding hydrogens is 314 g/mol. The van der Waals surface area contributed by atoms with Gasteiger partial charge in [0.2, 0.25) is 5.89 Å². The minimum absolute atomic E-state index is 0.117. The normalized spacial score (nSPS) is 10.7. The lowest BCUT2D eigenvalue weighted by molar-refractivity contribution is 0.238. The fourth-order valence-corrected chi connectivity index (χ4v) is 2.40. The zero-order valence-corrected chi connectivity index (χ0v) is 14.3. The molecule has 0 radical (unpaired) electrons. The number of nitrogens with one attached hydrogen (secondary N) is 2. The molecule has 3 aromatic rings. The van der Waals surface area contributed by atoms with E-state index in [1.807, 2.05) is 68.4 Å². The van der Waals surface area contributed by atoms with Crippen molar-refractivity contribution in [2.45, 2.75) is 26.4 Å². The van der Waals surface area contributed by atoms with Gasteiger partial charge in [-0.1, -0.05) is 42.5 Å². The van der Waals surface area contributed by atoms with E-state index in [4.69, 9.17) is 4.42 Å². The highest BCUT2D eigenvalue weighted by Crippen LogP contribution is 2.25. The molecule has 0 bridgehead atoms. The van der Waals surface area contributed by atoms with Gasteiger partial charge in [-0.25, -0.2) is 9.78 Å². The number of amides is 2. The molecule has 0 spiro atoms. The van der Waals surface area contributed by atoms with Crippen LogP contribution in [-0.2, 0) is 6.54 Å². The molecule has 0 saturated carbocycles. The molecule has 0 fully saturated rings. The third-order valence-corrected chi connectivity index (χ3v) is 3.64. The zero-order valence-electron chi connectivity index (χ0n) is 14.3. The maximum absolute atomic E-state index is 11.6. The molecule has 3 rings (SSSR count). The highest BCUT2D eigenvalue weighted by Gasteiger charge is 2.08. The monoisotopic (exact) mass is 335 g/mol. The first-order valence-corrected chi connectivity index (χ1v) is 8.27. The molecule has 1 heterocycles. The van der Waals surface area contributed by atoms with Crippen LogP contribution < -0.4 is 10.6 Å². The maximum Gasteiger partial charge on any atom is 0.315 e. The Hall–Kier alpha value is -3.08. The predicted molar refractivity (Wildman–Crippen MR) is 97.9 cm³/mol. The molecule has 0 aliphatic heterocycles. The standard InChI is InChI=1S/C20H21N3O2/c1-14(2)23-20(24)22-12-15-8-10-17(11-9-15)19-21-13-18(25-19)16-6-4-3-5-7-16/h3-11,13-14H,12H2,1-2H3,(H2,22,23,24). The molecule has 128 valence electrons. The van der Waals surface area contributed by atoms with Crippen LogP contribution in [0.3, 0.4) is 0 Å². The van der Waals surface area contributed by atoms with E-state index in [1.165, 1.54) is 0 Å². The van der Waals surface area contributed by atoms with Gasteiger partial charge in [0.05, 0.1) is 6.20 Å². The van der Waals surface area contributed by atoms with Crippen LogP contribution in [0.25, 0.3) is 22.8 Å². The summed E-state index contributed by atoms with van der Waals surface area (Å²) in [5.41, 5.74) is 2.91. The summed E-state index contributed by atoms with van der Waals surface area (Å²) in [4.78, 5) is 16.0. The minimum atomic E-state index is -0.167. The summed E-state index contributed by atoms with van der Waals surface area (Å²) in [5.74, 6) is 1.32. The topological polar surface area (TPSA) is 67.2 Å². The summed E-state index contributed by atoms with van der Waals surface area (Å²) in [6, 6.07) is 17.6. The Kier molecular flexibility index (Phi) is 5.14. The summed E-state index contributed by atoms with van der Waals surface area (Å²) >= 11 is 0. The predicted octanol–water partition coefficient (Wildman–Crippen LogP) is 4.22. The first-order valence-electron chi connectivity index (χ1n) is 8.27. The summed E-state index contributed by atoms with van der Waals surface area (Å²) in [6.45, 7) is 4.32. The fourth-order valence-electron chi connectivity index (χ4n) is 2.40. The number of rotatable bonds is 5. The van der Waals surface area contributed by atoms with Crippen molar-refractivity contribution in [1.29, 1.82) is 0 Å². The molecule has 1 aromatic heterocycles. The van der Waals surface area contributed by atoms with Gasteiger partial charge in [0.25, 0.3) is 0 Å². The molecule has 5 heteroatoms. The van der Waals surface area contributed by atoms with E-state index in [9.17, 15) is 4.79 Å². The van der Waals surface area contributed by atoms with Crippen LogP contribution in [0, 0.1) is 0 Å². The van der Waals surface area contributed by atoms with E-state index in [2.05, 4.69) is 15.6 Å². The number of aromatic nitrogens is 1. The molecule has 5 nitrogen and oxygen atoms in total. The second-order valence-electron chi connectivity index (χ2n) is 6.07. The van der Waals surface area contributed by atoms with Crippen LogP contribution in [0.1, 0.15) is 19.4 Å². The highest BCUT2D eigenvalue weighted by atomic mass is 16.4. The van der Waals surface area contributed by atoms with Crippen LogP contribution in [0.2, 0.25) is 0 Å². The summed E-state index contributed by atoms with van der Waals surface area (Å²) in [5, 5.41) is 5.62. The van der Waals surface area contributed by atoms with Crippen LogP contribution in [0.15, 0.2) is 65.2 Å². The van der Waals surface area contributed by atoms with E-state index < -0.39 is 0 Å². The van der Waals surface area contributed by atoms with Crippen LogP contribution in [0.5, 0.6) is 0 Å². The molecule has 2 aromatic carbocycles. The maximum atomic E-state index is 11.6. The molecule has 0 aliphatic carbocycles. The van der Waals surface area contributed by atoms with E-state index in [1.54, 1.807) is 6.20 Å². The van der Waals surface area contributed by atoms with Gasteiger partial charge in [0.1, 0.15) is 0 Å². The van der Waals surface area contributed by atoms with Crippen molar-refractivity contribution in [3.63, 3.8) is 0 Å². The number of nitrogens with zero attached hydrogens (tertiary/aromatic N) is 1. The van der Waals surface area contributed by atoms with Crippen molar-refractivity contribution in [1.82, 2.24) is 15.6 Å². The first kappa shape index (κ1) is 16.8. The Labute approximate surface area is 147 Å². The van der Waals surface area contributed by atoms with E-state index in [0.717, 1.165) is 22.5 Å². The van der Waals surface area contributed by atoms with E-state index >= 15 is 0 Å². The Morgan fingerprint density at radius 1 is 1.04 bits per heavy atom. The Bertz CT molecular complexity index is 824. The number of hydrogen-bond donors (Lipinski definition) is 2. The Morgan fingerprint density at radius 2 is 1.76 bits per heavy atom. The number of oxazole rings is 1. The van der Waals surface area contributed by atoms with Crippen molar-refractivity contribution in [3.05, 3.63) is 66.4 Å². The van der Waals surface area contributed by atoms with Crippen molar-refractivity contribution < 1.29 is 9.21 Å². The second kappa shape index (κ2) is 7.66. The largest absolute Gasteiger partial charge is 0.436 e. The molecule has 25 heavy (non-hydrogen) atoms. The molecule has 2 N–H and O–H groups in total. The number of carbonyl (C=O) groups excluding carboxylic acids is 1. The Balaban J connectivity index is 1.65. The summed E-state index contributed by atoms with van der Waals surface area (Å²) in [6.07, 6.45) is 1.73. The quantitative estimate of drug-likeness (QED) is 0.734. The van der Waals surface area contributed by atoms with Gasteiger partial charge >= 0.3 is 6.03 Å². The fraction of sp³-hybridized carbons (Fsp3) is 0.200. The van der Waals surface area contributed by atoms with Crippen LogP contribution >= 0.6 is 0 Å². The smallest absolute Gasteiger partial charge is 0.315 e. The van der Waals surface area contributed by atoms with Gasteiger partial charge in [-0.05, 0) is 31.5 Å². The number of carbonyl (C=O) groups is 1. The van der Waals surface area contributed by atoms with Gasteiger partial charge < -0.3 is 15.1 Å². The number of benzene rings is 2. The lowest BCUT2D eigenvalue weighted by Crippen LogP contribution is -2.39. The lowest BCUT2D eigenvalue weighted by atomic mass is 10.1. The average Bonchev–Trinajstić information content (AvgIpc) is 3.11. The molecule has 2 amide bonds. The SMILES string of the molecule is CC(C)NC(=O)NCc1ccc(-c2ncc(-c3ccccc3)o2)cc1. The van der Waals surface area contributed by atoms with E-state index in [-0.39, 0.29) is 12.1 Å². The zero-order chi connectivity index (χ0) is 17.6. The third-order valence-electron chi connectivity index (χ3n) is 3.64. The average molecular weight is 335 g/mol. The van der Waals surface area contributed by atoms with Crippen molar-refractivity contribution in [2.24, 2.45) is 0 Å². The van der Waals surface area contributed by atoms with Gasteiger partial charge in [-0.3, -0.25) is 0 Å². The second-order valence-corrected chi connectivity index (χ2v) is 6.07. The molecular formula is C20H21N3O2. The van der Waals surface area contributed by atoms with Gasteiger partial charge in [0, 0.05) is 23.7 Å². The lowest BCUT2D eigenvalue weighted by Gasteiger charge is -2.10. The number of hydrogen-bond acceptors (Lipinski definition) is 3. The molecule has 0 saturated heterocycles. The van der Waals surface area contributed by atoms with Gasteiger partial charge in [0.15, 0.2) is 5.76 Å². The molecule has 0 aliphatic rings. The van der Waals surface area contributed by atoms with Gasteiger partial charge in [-0.2, -0.15) is 0 Å².